The molecule has 2 rings (SSSR count). The summed E-state index contributed by atoms with van der Waals surface area (Å²) in [4.78, 5) is 0. The van der Waals surface area contributed by atoms with Gasteiger partial charge < -0.3 is 5.32 Å². The van der Waals surface area contributed by atoms with E-state index in [2.05, 4.69) is 5.32 Å². The smallest absolute Gasteiger partial charge is 0.251 e. The van der Waals surface area contributed by atoms with Crippen LogP contribution in [0.25, 0.3) is 0 Å². The van der Waals surface area contributed by atoms with Crippen LogP contribution in [0.3, 0.4) is 0 Å². The van der Waals surface area contributed by atoms with E-state index < -0.39 is 11.5 Å². The van der Waals surface area contributed by atoms with Gasteiger partial charge in [0.2, 0.25) is 0 Å². The fraction of sp³-hybridized carbons (Fsp3) is 0.538. The number of alkyl halides is 2. The molecular weight excluding hydrogens is 208 g/mol. The number of halogens is 2. The predicted octanol–water partition coefficient (Wildman–Crippen LogP) is 3.23. The molecule has 88 valence electrons. The van der Waals surface area contributed by atoms with E-state index >= 15 is 0 Å². The highest BCUT2D eigenvalue weighted by atomic mass is 19.3. The Morgan fingerprint density at radius 3 is 2.56 bits per heavy atom. The highest BCUT2D eigenvalue weighted by Crippen LogP contribution is 2.39. The highest BCUT2D eigenvalue weighted by molar-refractivity contribution is 5.33. The van der Waals surface area contributed by atoms with Gasteiger partial charge in [0.15, 0.2) is 0 Å². The number of benzene rings is 1. The molecule has 1 aliphatic heterocycles. The quantitative estimate of drug-likeness (QED) is 0.773. The standard InChI is InChI=1S/C13H17F2N/c1-10-5-3-4-6-11(10)12(2)9-13(14,15)7-8-16-12/h3-6,16H,7-9H2,1-2H3. The molecule has 1 nitrogen and oxygen atoms in total. The minimum atomic E-state index is -2.55. The van der Waals surface area contributed by atoms with Gasteiger partial charge in [0.05, 0.1) is 0 Å². The van der Waals surface area contributed by atoms with Crippen molar-refractivity contribution < 1.29 is 8.78 Å². The Hall–Kier alpha value is -0.960. The van der Waals surface area contributed by atoms with E-state index in [1.807, 2.05) is 38.1 Å². The molecule has 0 radical (unpaired) electrons. The summed E-state index contributed by atoms with van der Waals surface area (Å²) in [6.45, 7) is 4.20. The van der Waals surface area contributed by atoms with Gasteiger partial charge in [0, 0.05) is 24.9 Å². The van der Waals surface area contributed by atoms with E-state index in [9.17, 15) is 8.78 Å². The summed E-state index contributed by atoms with van der Waals surface area (Å²) < 4.78 is 27.0. The van der Waals surface area contributed by atoms with Gasteiger partial charge in [0.25, 0.3) is 5.92 Å². The lowest BCUT2D eigenvalue weighted by atomic mass is 9.80. The predicted molar refractivity (Wildman–Crippen MR) is 60.7 cm³/mol. The summed E-state index contributed by atoms with van der Waals surface area (Å²) in [5.41, 5.74) is 1.44. The first-order valence-corrected chi connectivity index (χ1v) is 5.62. The molecule has 0 saturated carbocycles. The molecule has 1 saturated heterocycles. The molecule has 1 aliphatic rings. The van der Waals surface area contributed by atoms with Gasteiger partial charge in [-0.1, -0.05) is 24.3 Å². The molecule has 1 N–H and O–H groups in total. The van der Waals surface area contributed by atoms with Crippen LogP contribution in [-0.4, -0.2) is 12.5 Å². The first kappa shape index (κ1) is 11.5. The largest absolute Gasteiger partial charge is 0.307 e. The van der Waals surface area contributed by atoms with Gasteiger partial charge in [-0.05, 0) is 25.0 Å². The average molecular weight is 225 g/mol. The Labute approximate surface area is 94.9 Å². The van der Waals surface area contributed by atoms with Gasteiger partial charge in [-0.15, -0.1) is 0 Å². The zero-order valence-corrected chi connectivity index (χ0v) is 9.69. The van der Waals surface area contributed by atoms with Crippen molar-refractivity contribution in [2.75, 3.05) is 6.54 Å². The summed E-state index contributed by atoms with van der Waals surface area (Å²) in [6, 6.07) is 7.74. The van der Waals surface area contributed by atoms with Gasteiger partial charge in [0.1, 0.15) is 0 Å². The van der Waals surface area contributed by atoms with Crippen LogP contribution in [0.1, 0.15) is 30.9 Å². The van der Waals surface area contributed by atoms with Crippen molar-refractivity contribution in [3.8, 4) is 0 Å². The van der Waals surface area contributed by atoms with Crippen molar-refractivity contribution in [1.82, 2.24) is 5.32 Å². The van der Waals surface area contributed by atoms with Gasteiger partial charge in [-0.25, -0.2) is 8.78 Å². The summed E-state index contributed by atoms with van der Waals surface area (Å²) in [7, 11) is 0. The third-order valence-corrected chi connectivity index (χ3v) is 3.36. The Kier molecular flexibility index (Phi) is 2.74. The van der Waals surface area contributed by atoms with Crippen molar-refractivity contribution in [3.63, 3.8) is 0 Å². The first-order chi connectivity index (χ1) is 7.43. The molecule has 1 aromatic carbocycles. The van der Waals surface area contributed by atoms with E-state index in [1.165, 1.54) is 0 Å². The molecule has 0 aliphatic carbocycles. The summed E-state index contributed by atoms with van der Waals surface area (Å²) in [5, 5.41) is 3.23. The van der Waals surface area contributed by atoms with Crippen LogP contribution in [0.2, 0.25) is 0 Å². The molecule has 16 heavy (non-hydrogen) atoms. The number of nitrogens with one attached hydrogen (secondary N) is 1. The van der Waals surface area contributed by atoms with E-state index in [4.69, 9.17) is 0 Å². The van der Waals surface area contributed by atoms with Gasteiger partial charge in [-0.3, -0.25) is 0 Å². The second kappa shape index (κ2) is 3.81. The number of hydrogen-bond donors (Lipinski definition) is 1. The summed E-state index contributed by atoms with van der Waals surface area (Å²) >= 11 is 0. The Morgan fingerprint density at radius 2 is 1.94 bits per heavy atom. The van der Waals surface area contributed by atoms with Crippen LogP contribution >= 0.6 is 0 Å². The number of piperidine rings is 1. The average Bonchev–Trinajstić information content (AvgIpc) is 2.16. The molecule has 1 atom stereocenters. The highest BCUT2D eigenvalue weighted by Gasteiger charge is 2.44. The minimum absolute atomic E-state index is 0.0610. The van der Waals surface area contributed by atoms with Crippen LogP contribution < -0.4 is 5.32 Å². The number of rotatable bonds is 1. The third kappa shape index (κ3) is 2.09. The second-order valence-electron chi connectivity index (χ2n) is 4.86. The zero-order chi connectivity index (χ0) is 11.8. The first-order valence-electron chi connectivity index (χ1n) is 5.62. The molecule has 3 heteroatoms. The van der Waals surface area contributed by atoms with Crippen LogP contribution in [0, 0.1) is 6.92 Å². The molecule has 0 spiro atoms. The second-order valence-corrected chi connectivity index (χ2v) is 4.86. The maximum Gasteiger partial charge on any atom is 0.251 e. The van der Waals surface area contributed by atoms with E-state index in [-0.39, 0.29) is 12.8 Å². The maximum atomic E-state index is 13.5. The van der Waals surface area contributed by atoms with E-state index in [0.29, 0.717) is 6.54 Å². The Balaban J connectivity index is 2.35. The van der Waals surface area contributed by atoms with E-state index in [1.54, 1.807) is 0 Å². The Bertz CT molecular complexity index is 389. The molecule has 1 aromatic rings. The SMILES string of the molecule is Cc1ccccc1C1(C)CC(F)(F)CCN1. The molecule has 1 unspecified atom stereocenters. The number of aryl methyl sites for hydroxylation is 1. The van der Waals surface area contributed by atoms with Crippen molar-refractivity contribution in [3.05, 3.63) is 35.4 Å². The summed E-state index contributed by atoms with van der Waals surface area (Å²) in [6.07, 6.45) is -0.181. The monoisotopic (exact) mass is 225 g/mol. The van der Waals surface area contributed by atoms with Crippen LogP contribution in [0.4, 0.5) is 8.78 Å². The van der Waals surface area contributed by atoms with Gasteiger partial charge in [-0.2, -0.15) is 0 Å². The Morgan fingerprint density at radius 1 is 1.25 bits per heavy atom. The molecular formula is C13H17F2N. The fourth-order valence-corrected chi connectivity index (χ4v) is 2.57. The van der Waals surface area contributed by atoms with Crippen molar-refractivity contribution in [2.24, 2.45) is 0 Å². The zero-order valence-electron chi connectivity index (χ0n) is 9.69. The lowest BCUT2D eigenvalue weighted by molar-refractivity contribution is -0.0612. The summed E-state index contributed by atoms with van der Waals surface area (Å²) in [5.74, 6) is -2.55. The van der Waals surface area contributed by atoms with E-state index in [0.717, 1.165) is 11.1 Å². The minimum Gasteiger partial charge on any atom is -0.307 e. The molecule has 0 bridgehead atoms. The van der Waals surface area contributed by atoms with Crippen molar-refractivity contribution in [1.29, 1.82) is 0 Å². The van der Waals surface area contributed by atoms with Crippen LogP contribution in [-0.2, 0) is 5.54 Å². The molecule has 0 aromatic heterocycles. The van der Waals surface area contributed by atoms with Gasteiger partial charge >= 0.3 is 0 Å². The topological polar surface area (TPSA) is 12.0 Å². The van der Waals surface area contributed by atoms with Crippen LogP contribution in [0.5, 0.6) is 0 Å². The van der Waals surface area contributed by atoms with Crippen LogP contribution in [0.15, 0.2) is 24.3 Å². The fourth-order valence-electron chi connectivity index (χ4n) is 2.57. The maximum absolute atomic E-state index is 13.5. The third-order valence-electron chi connectivity index (χ3n) is 3.36. The molecule has 0 amide bonds. The van der Waals surface area contributed by atoms with Crippen molar-refractivity contribution in [2.45, 2.75) is 38.2 Å². The lowest BCUT2D eigenvalue weighted by Gasteiger charge is -2.40. The molecule has 1 heterocycles. The normalized spacial score (nSPS) is 29.0. The van der Waals surface area contributed by atoms with Crippen molar-refractivity contribution >= 4 is 0 Å². The molecule has 1 fully saturated rings. The number of hydrogen-bond acceptors (Lipinski definition) is 1. The lowest BCUT2D eigenvalue weighted by Crippen LogP contribution is -2.50.